The Labute approximate surface area is 116 Å². The molecule has 0 unspecified atom stereocenters. The molecule has 1 aromatic heterocycles. The van der Waals surface area contributed by atoms with Crippen LogP contribution in [-0.2, 0) is 13.2 Å². The highest BCUT2D eigenvalue weighted by Crippen LogP contribution is 2.17. The molecule has 5 heteroatoms. The van der Waals surface area contributed by atoms with Crippen molar-refractivity contribution in [2.45, 2.75) is 26.5 Å². The first-order valence-corrected chi connectivity index (χ1v) is 6.54. The molecule has 2 aromatic rings. The Kier molecular flexibility index (Phi) is 5.12. The van der Waals surface area contributed by atoms with Crippen LogP contribution in [0, 0.1) is 11.6 Å². The van der Waals surface area contributed by atoms with Crippen LogP contribution in [0.1, 0.15) is 24.7 Å². The largest absolute Gasteiger partial charge is 0.486 e. The average molecular weight is 281 g/mol. The van der Waals surface area contributed by atoms with Crippen molar-refractivity contribution in [2.75, 3.05) is 6.54 Å². The van der Waals surface area contributed by atoms with Crippen LogP contribution in [0.25, 0.3) is 0 Å². The fourth-order valence-electron chi connectivity index (χ4n) is 1.73. The smallest absolute Gasteiger partial charge is 0.162 e. The number of nitrogens with one attached hydrogen (secondary N) is 1. The summed E-state index contributed by atoms with van der Waals surface area (Å²) < 4.78 is 36.4. The second kappa shape index (κ2) is 7.05. The summed E-state index contributed by atoms with van der Waals surface area (Å²) in [6, 6.07) is 5.31. The number of rotatable bonds is 7. The number of ether oxygens (including phenoxy) is 1. The van der Waals surface area contributed by atoms with Crippen LogP contribution in [0.2, 0.25) is 0 Å². The molecule has 0 bridgehead atoms. The van der Waals surface area contributed by atoms with Crippen molar-refractivity contribution in [3.05, 3.63) is 53.5 Å². The molecule has 1 N–H and O–H groups in total. The van der Waals surface area contributed by atoms with Gasteiger partial charge in [0, 0.05) is 18.2 Å². The molecule has 1 heterocycles. The molecule has 3 nitrogen and oxygen atoms in total. The maximum absolute atomic E-state index is 13.0. The second-order valence-corrected chi connectivity index (χ2v) is 4.46. The van der Waals surface area contributed by atoms with Crippen LogP contribution in [0.5, 0.6) is 5.75 Å². The van der Waals surface area contributed by atoms with E-state index in [0.29, 0.717) is 5.76 Å². The molecule has 0 saturated carbocycles. The average Bonchev–Trinajstić information content (AvgIpc) is 2.88. The van der Waals surface area contributed by atoms with Gasteiger partial charge in [0.05, 0.1) is 6.26 Å². The first-order valence-electron chi connectivity index (χ1n) is 6.54. The molecule has 0 spiro atoms. The zero-order chi connectivity index (χ0) is 14.4. The lowest BCUT2D eigenvalue weighted by Crippen LogP contribution is -2.13. The molecule has 0 saturated heterocycles. The van der Waals surface area contributed by atoms with Crippen LogP contribution >= 0.6 is 0 Å². The molecular weight excluding hydrogens is 264 g/mol. The normalized spacial score (nSPS) is 10.8. The van der Waals surface area contributed by atoms with Gasteiger partial charge < -0.3 is 14.5 Å². The van der Waals surface area contributed by atoms with Gasteiger partial charge in [-0.1, -0.05) is 6.92 Å². The lowest BCUT2D eigenvalue weighted by Gasteiger charge is -2.04. The summed E-state index contributed by atoms with van der Waals surface area (Å²) in [5, 5.41) is 3.26. The summed E-state index contributed by atoms with van der Waals surface area (Å²) >= 11 is 0. The number of hydrogen-bond donors (Lipinski definition) is 1. The van der Waals surface area contributed by atoms with Crippen molar-refractivity contribution >= 4 is 0 Å². The summed E-state index contributed by atoms with van der Waals surface area (Å²) in [5.74, 6) is -0.903. The Balaban J connectivity index is 1.85. The molecule has 2 rings (SSSR count). The van der Waals surface area contributed by atoms with E-state index in [-0.39, 0.29) is 12.4 Å². The minimum Gasteiger partial charge on any atom is -0.486 e. The summed E-state index contributed by atoms with van der Waals surface area (Å²) in [6.45, 7) is 3.97. The van der Waals surface area contributed by atoms with E-state index in [1.807, 2.05) is 6.07 Å². The highest BCUT2D eigenvalue weighted by molar-refractivity contribution is 5.24. The van der Waals surface area contributed by atoms with E-state index in [1.165, 1.54) is 6.07 Å². The first-order chi connectivity index (χ1) is 9.69. The van der Waals surface area contributed by atoms with E-state index in [2.05, 4.69) is 12.2 Å². The van der Waals surface area contributed by atoms with E-state index in [9.17, 15) is 8.78 Å². The van der Waals surface area contributed by atoms with Gasteiger partial charge in [0.1, 0.15) is 18.1 Å². The Morgan fingerprint density at radius 2 is 2.05 bits per heavy atom. The van der Waals surface area contributed by atoms with Crippen LogP contribution < -0.4 is 10.1 Å². The molecule has 0 aliphatic heterocycles. The van der Waals surface area contributed by atoms with E-state index < -0.39 is 11.6 Å². The minimum atomic E-state index is -0.925. The summed E-state index contributed by atoms with van der Waals surface area (Å²) in [5.41, 5.74) is 1.03. The van der Waals surface area contributed by atoms with E-state index in [4.69, 9.17) is 9.15 Å². The number of furan rings is 1. The van der Waals surface area contributed by atoms with Gasteiger partial charge in [0.25, 0.3) is 0 Å². The Hall–Kier alpha value is -1.88. The highest BCUT2D eigenvalue weighted by atomic mass is 19.2. The number of hydrogen-bond acceptors (Lipinski definition) is 3. The zero-order valence-corrected chi connectivity index (χ0v) is 11.3. The third-order valence-corrected chi connectivity index (χ3v) is 2.74. The molecular formula is C15H17F2NO2. The van der Waals surface area contributed by atoms with Gasteiger partial charge in [-0.3, -0.25) is 0 Å². The predicted octanol–water partition coefficient (Wildman–Crippen LogP) is 3.64. The standard InChI is InChI=1S/C15H17F2NO2/c1-2-5-18-8-11-6-13(19-9-11)10-20-12-3-4-14(16)15(17)7-12/h3-4,6-7,9,18H,2,5,8,10H2,1H3. The highest BCUT2D eigenvalue weighted by Gasteiger charge is 2.06. The Morgan fingerprint density at radius 1 is 1.20 bits per heavy atom. The maximum atomic E-state index is 13.0. The van der Waals surface area contributed by atoms with Crippen molar-refractivity contribution in [1.29, 1.82) is 0 Å². The lowest BCUT2D eigenvalue weighted by atomic mass is 10.3. The van der Waals surface area contributed by atoms with Gasteiger partial charge >= 0.3 is 0 Å². The molecule has 0 atom stereocenters. The van der Waals surface area contributed by atoms with Crippen molar-refractivity contribution in [3.63, 3.8) is 0 Å². The lowest BCUT2D eigenvalue weighted by molar-refractivity contribution is 0.268. The van der Waals surface area contributed by atoms with E-state index >= 15 is 0 Å². The number of benzene rings is 1. The van der Waals surface area contributed by atoms with Crippen LogP contribution in [0.4, 0.5) is 8.78 Å². The van der Waals surface area contributed by atoms with Gasteiger partial charge in [-0.25, -0.2) is 8.78 Å². The second-order valence-electron chi connectivity index (χ2n) is 4.46. The molecule has 1 aromatic carbocycles. The van der Waals surface area contributed by atoms with Gasteiger partial charge in [-0.15, -0.1) is 0 Å². The van der Waals surface area contributed by atoms with Gasteiger partial charge in [-0.2, -0.15) is 0 Å². The molecule has 20 heavy (non-hydrogen) atoms. The minimum absolute atomic E-state index is 0.179. The van der Waals surface area contributed by atoms with E-state index in [1.54, 1.807) is 6.26 Å². The quantitative estimate of drug-likeness (QED) is 0.787. The molecule has 0 amide bonds. The molecule has 0 aliphatic carbocycles. The Bertz CT molecular complexity index is 555. The molecule has 0 aliphatic rings. The fraction of sp³-hybridized carbons (Fsp3) is 0.333. The predicted molar refractivity (Wildman–Crippen MR) is 71.4 cm³/mol. The van der Waals surface area contributed by atoms with Crippen molar-refractivity contribution in [3.8, 4) is 5.75 Å². The van der Waals surface area contributed by atoms with E-state index in [0.717, 1.165) is 37.2 Å². The zero-order valence-electron chi connectivity index (χ0n) is 11.3. The van der Waals surface area contributed by atoms with Gasteiger partial charge in [-0.05, 0) is 31.2 Å². The number of halogens is 2. The summed E-state index contributed by atoms with van der Waals surface area (Å²) in [7, 11) is 0. The maximum Gasteiger partial charge on any atom is 0.162 e. The Morgan fingerprint density at radius 3 is 2.80 bits per heavy atom. The van der Waals surface area contributed by atoms with Gasteiger partial charge in [0.15, 0.2) is 11.6 Å². The topological polar surface area (TPSA) is 34.4 Å². The third-order valence-electron chi connectivity index (χ3n) is 2.74. The first kappa shape index (κ1) is 14.5. The van der Waals surface area contributed by atoms with Crippen molar-refractivity contribution in [2.24, 2.45) is 0 Å². The third kappa shape index (κ3) is 4.06. The summed E-state index contributed by atoms with van der Waals surface area (Å²) in [4.78, 5) is 0. The fourth-order valence-corrected chi connectivity index (χ4v) is 1.73. The van der Waals surface area contributed by atoms with Gasteiger partial charge in [0.2, 0.25) is 0 Å². The van der Waals surface area contributed by atoms with Crippen LogP contribution in [-0.4, -0.2) is 6.54 Å². The van der Waals surface area contributed by atoms with Crippen molar-refractivity contribution in [1.82, 2.24) is 5.32 Å². The van der Waals surface area contributed by atoms with Crippen molar-refractivity contribution < 1.29 is 17.9 Å². The molecule has 0 radical (unpaired) electrons. The molecule has 0 fully saturated rings. The van der Waals surface area contributed by atoms with Crippen LogP contribution in [0.15, 0.2) is 34.9 Å². The monoisotopic (exact) mass is 281 g/mol. The summed E-state index contributed by atoms with van der Waals surface area (Å²) in [6.07, 6.45) is 2.73. The SMILES string of the molecule is CCCNCc1coc(COc2ccc(F)c(F)c2)c1. The molecule has 108 valence electrons. The van der Waals surface area contributed by atoms with Crippen LogP contribution in [0.3, 0.4) is 0 Å².